The van der Waals surface area contributed by atoms with Gasteiger partial charge in [-0.3, -0.25) is 9.59 Å². The summed E-state index contributed by atoms with van der Waals surface area (Å²) in [6.07, 6.45) is 0.865. The topological polar surface area (TPSA) is 52.6 Å². The van der Waals surface area contributed by atoms with Gasteiger partial charge in [-0.2, -0.15) is 0 Å². The Labute approximate surface area is 110 Å². The molecule has 0 amide bonds. The number of esters is 2. The standard InChI is InChI=1S/C13H16O4S/c1-5-11-6-7-12(18-11)8(2)13(15)17-10(4)16-9(3)14/h5-8,10H,1H2,2-4H3. The fourth-order valence-corrected chi connectivity index (χ4v) is 2.25. The van der Waals surface area contributed by atoms with Crippen molar-refractivity contribution in [1.29, 1.82) is 0 Å². The normalized spacial score (nSPS) is 13.5. The van der Waals surface area contributed by atoms with Gasteiger partial charge in [0, 0.05) is 23.6 Å². The van der Waals surface area contributed by atoms with Crippen LogP contribution in [0.15, 0.2) is 18.7 Å². The molecule has 0 N–H and O–H groups in total. The van der Waals surface area contributed by atoms with Gasteiger partial charge >= 0.3 is 11.9 Å². The molecule has 1 aromatic heterocycles. The second-order valence-corrected chi connectivity index (χ2v) is 4.93. The molecule has 1 aromatic rings. The molecule has 0 bridgehead atoms. The van der Waals surface area contributed by atoms with E-state index in [1.165, 1.54) is 25.2 Å². The summed E-state index contributed by atoms with van der Waals surface area (Å²) < 4.78 is 9.76. The van der Waals surface area contributed by atoms with Crippen molar-refractivity contribution < 1.29 is 19.1 Å². The molecule has 2 atom stereocenters. The molecule has 0 saturated carbocycles. The van der Waals surface area contributed by atoms with Crippen LogP contribution < -0.4 is 0 Å². The molecule has 4 nitrogen and oxygen atoms in total. The first-order valence-electron chi connectivity index (χ1n) is 5.54. The number of carbonyl (C=O) groups excluding carboxylic acids is 2. The zero-order chi connectivity index (χ0) is 13.7. The number of rotatable bonds is 5. The summed E-state index contributed by atoms with van der Waals surface area (Å²) in [5.74, 6) is -1.28. The zero-order valence-electron chi connectivity index (χ0n) is 10.6. The van der Waals surface area contributed by atoms with Crippen molar-refractivity contribution in [2.75, 3.05) is 0 Å². The first-order valence-corrected chi connectivity index (χ1v) is 6.35. The summed E-state index contributed by atoms with van der Waals surface area (Å²) in [5, 5.41) is 0. The highest BCUT2D eigenvalue weighted by atomic mass is 32.1. The van der Waals surface area contributed by atoms with Crippen LogP contribution >= 0.6 is 11.3 Å². The predicted octanol–water partition coefficient (Wildman–Crippen LogP) is 2.95. The first kappa shape index (κ1) is 14.4. The maximum atomic E-state index is 11.8. The Morgan fingerprint density at radius 3 is 2.50 bits per heavy atom. The molecule has 0 aliphatic rings. The van der Waals surface area contributed by atoms with Crippen LogP contribution in [0.25, 0.3) is 6.08 Å². The largest absolute Gasteiger partial charge is 0.426 e. The van der Waals surface area contributed by atoms with E-state index in [0.29, 0.717) is 0 Å². The van der Waals surface area contributed by atoms with Crippen molar-refractivity contribution in [3.63, 3.8) is 0 Å². The van der Waals surface area contributed by atoms with Crippen LogP contribution in [-0.4, -0.2) is 18.2 Å². The lowest BCUT2D eigenvalue weighted by Crippen LogP contribution is -2.23. The monoisotopic (exact) mass is 268 g/mol. The molecule has 0 radical (unpaired) electrons. The summed E-state index contributed by atoms with van der Waals surface area (Å²) in [6, 6.07) is 3.76. The molecule has 18 heavy (non-hydrogen) atoms. The van der Waals surface area contributed by atoms with Crippen LogP contribution in [0.2, 0.25) is 0 Å². The smallest absolute Gasteiger partial charge is 0.317 e. The molecule has 0 saturated heterocycles. The molecule has 2 unspecified atom stereocenters. The predicted molar refractivity (Wildman–Crippen MR) is 70.1 cm³/mol. The van der Waals surface area contributed by atoms with E-state index in [1.807, 2.05) is 12.1 Å². The lowest BCUT2D eigenvalue weighted by atomic mass is 10.1. The van der Waals surface area contributed by atoms with Crippen LogP contribution in [0, 0.1) is 0 Å². The van der Waals surface area contributed by atoms with Gasteiger partial charge in [0.2, 0.25) is 6.29 Å². The Morgan fingerprint density at radius 2 is 2.00 bits per heavy atom. The molecule has 1 rings (SSSR count). The second kappa shape index (κ2) is 6.35. The van der Waals surface area contributed by atoms with E-state index in [0.717, 1.165) is 9.75 Å². The lowest BCUT2D eigenvalue weighted by Gasteiger charge is -2.15. The van der Waals surface area contributed by atoms with E-state index in [-0.39, 0.29) is 5.92 Å². The van der Waals surface area contributed by atoms with E-state index in [2.05, 4.69) is 6.58 Å². The maximum Gasteiger partial charge on any atom is 0.317 e. The van der Waals surface area contributed by atoms with E-state index in [9.17, 15) is 9.59 Å². The third kappa shape index (κ3) is 4.00. The summed E-state index contributed by atoms with van der Waals surface area (Å²) in [6.45, 7) is 8.19. The van der Waals surface area contributed by atoms with Crippen LogP contribution in [0.4, 0.5) is 0 Å². The van der Waals surface area contributed by atoms with Gasteiger partial charge in [-0.1, -0.05) is 12.7 Å². The minimum absolute atomic E-state index is 0.387. The number of thiophene rings is 1. The van der Waals surface area contributed by atoms with Crippen molar-refractivity contribution in [1.82, 2.24) is 0 Å². The molecule has 0 aliphatic heterocycles. The Kier molecular flexibility index (Phi) is 5.09. The van der Waals surface area contributed by atoms with Crippen molar-refractivity contribution in [2.45, 2.75) is 33.0 Å². The van der Waals surface area contributed by atoms with Gasteiger partial charge in [0.25, 0.3) is 0 Å². The van der Waals surface area contributed by atoms with Crippen LogP contribution in [-0.2, 0) is 19.1 Å². The molecule has 0 spiro atoms. The number of hydrogen-bond donors (Lipinski definition) is 0. The van der Waals surface area contributed by atoms with E-state index in [1.54, 1.807) is 13.0 Å². The van der Waals surface area contributed by atoms with Gasteiger partial charge in [0.15, 0.2) is 0 Å². The third-order valence-electron chi connectivity index (χ3n) is 2.24. The number of hydrogen-bond acceptors (Lipinski definition) is 5. The minimum atomic E-state index is -0.865. The molecular formula is C13H16O4S. The van der Waals surface area contributed by atoms with Crippen molar-refractivity contribution in [3.05, 3.63) is 28.5 Å². The summed E-state index contributed by atoms with van der Waals surface area (Å²) in [4.78, 5) is 24.4. The quantitative estimate of drug-likeness (QED) is 0.608. The summed E-state index contributed by atoms with van der Waals surface area (Å²) in [7, 11) is 0. The maximum absolute atomic E-state index is 11.8. The number of carbonyl (C=O) groups is 2. The highest BCUT2D eigenvalue weighted by Gasteiger charge is 2.21. The highest BCUT2D eigenvalue weighted by Crippen LogP contribution is 2.26. The molecular weight excluding hydrogens is 252 g/mol. The lowest BCUT2D eigenvalue weighted by molar-refractivity contribution is -0.183. The molecule has 0 aromatic carbocycles. The van der Waals surface area contributed by atoms with Gasteiger partial charge < -0.3 is 9.47 Å². The number of ether oxygens (including phenoxy) is 2. The van der Waals surface area contributed by atoms with Gasteiger partial charge in [-0.15, -0.1) is 11.3 Å². The molecule has 1 heterocycles. The van der Waals surface area contributed by atoms with Gasteiger partial charge in [0.1, 0.15) is 0 Å². The Hall–Kier alpha value is -1.62. The average Bonchev–Trinajstić information content (AvgIpc) is 2.75. The first-order chi connectivity index (χ1) is 8.43. The van der Waals surface area contributed by atoms with E-state index >= 15 is 0 Å². The molecule has 0 fully saturated rings. The van der Waals surface area contributed by atoms with Crippen LogP contribution in [0.5, 0.6) is 0 Å². The Morgan fingerprint density at radius 1 is 1.33 bits per heavy atom. The Bertz CT molecular complexity index is 450. The second-order valence-electron chi connectivity index (χ2n) is 3.78. The summed E-state index contributed by atoms with van der Waals surface area (Å²) >= 11 is 1.48. The van der Waals surface area contributed by atoms with Crippen LogP contribution in [0.3, 0.4) is 0 Å². The van der Waals surface area contributed by atoms with Crippen LogP contribution in [0.1, 0.15) is 36.4 Å². The fourth-order valence-electron chi connectivity index (χ4n) is 1.35. The molecule has 98 valence electrons. The fraction of sp³-hybridized carbons (Fsp3) is 0.385. The van der Waals surface area contributed by atoms with Crippen molar-refractivity contribution in [2.24, 2.45) is 0 Å². The Balaban J connectivity index is 2.60. The van der Waals surface area contributed by atoms with Gasteiger partial charge in [0.05, 0.1) is 5.92 Å². The van der Waals surface area contributed by atoms with E-state index < -0.39 is 18.2 Å². The highest BCUT2D eigenvalue weighted by molar-refractivity contribution is 7.13. The average molecular weight is 268 g/mol. The van der Waals surface area contributed by atoms with E-state index in [4.69, 9.17) is 9.47 Å². The third-order valence-corrected chi connectivity index (χ3v) is 3.51. The molecule has 0 aliphatic carbocycles. The van der Waals surface area contributed by atoms with Gasteiger partial charge in [-0.05, 0) is 19.1 Å². The molecule has 5 heteroatoms. The zero-order valence-corrected chi connectivity index (χ0v) is 11.5. The van der Waals surface area contributed by atoms with Crippen molar-refractivity contribution >= 4 is 29.4 Å². The SMILES string of the molecule is C=Cc1ccc(C(C)C(=O)OC(C)OC(C)=O)s1. The minimum Gasteiger partial charge on any atom is -0.426 e. The van der Waals surface area contributed by atoms with Gasteiger partial charge in [-0.25, -0.2) is 0 Å². The van der Waals surface area contributed by atoms with Crippen molar-refractivity contribution in [3.8, 4) is 0 Å². The summed E-state index contributed by atoms with van der Waals surface area (Å²) in [5.41, 5.74) is 0.